The molecule has 0 fully saturated rings. The van der Waals surface area contributed by atoms with Gasteiger partial charge in [0.2, 0.25) is 0 Å². The summed E-state index contributed by atoms with van der Waals surface area (Å²) in [4.78, 5) is 11.9. The molecule has 1 aromatic carbocycles. The van der Waals surface area contributed by atoms with Crippen LogP contribution in [0.4, 0.5) is 0 Å². The average molecular weight is 300 g/mol. The van der Waals surface area contributed by atoms with Crippen LogP contribution in [0.25, 0.3) is 0 Å². The van der Waals surface area contributed by atoms with Crippen molar-refractivity contribution in [1.82, 2.24) is 5.32 Å². The number of hydrogen-bond donors (Lipinski definition) is 2. The molecule has 4 heteroatoms. The number of hydrogen-bond acceptors (Lipinski definition) is 2. The van der Waals surface area contributed by atoms with Gasteiger partial charge in [0.15, 0.2) is 0 Å². The molecular weight excluding hydrogens is 282 g/mol. The Morgan fingerprint density at radius 2 is 2.24 bits per heavy atom. The van der Waals surface area contributed by atoms with Crippen LogP contribution in [0.3, 0.4) is 0 Å². The summed E-state index contributed by atoms with van der Waals surface area (Å²) in [5.74, 6) is -0.0812. The number of aliphatic hydroxyl groups is 1. The van der Waals surface area contributed by atoms with Crippen molar-refractivity contribution in [3.8, 4) is 0 Å². The van der Waals surface area contributed by atoms with Crippen LogP contribution in [0, 0.1) is 6.92 Å². The van der Waals surface area contributed by atoms with Crippen LogP contribution in [0.1, 0.15) is 35.7 Å². The first-order chi connectivity index (χ1) is 8.04. The van der Waals surface area contributed by atoms with Gasteiger partial charge in [-0.15, -0.1) is 0 Å². The normalized spacial score (nSPS) is 12.2. The first kappa shape index (κ1) is 14.2. The molecule has 0 aliphatic rings. The van der Waals surface area contributed by atoms with Crippen molar-refractivity contribution in [2.24, 2.45) is 0 Å². The van der Waals surface area contributed by atoms with Crippen LogP contribution < -0.4 is 5.32 Å². The summed E-state index contributed by atoms with van der Waals surface area (Å²) in [7, 11) is 0. The number of aryl methyl sites for hydroxylation is 1. The number of amides is 1. The maximum atomic E-state index is 11.9. The Morgan fingerprint density at radius 3 is 2.82 bits per heavy atom. The highest BCUT2D eigenvalue weighted by Gasteiger charge is 2.12. The van der Waals surface area contributed by atoms with Gasteiger partial charge in [-0.05, 0) is 60.3 Å². The number of benzene rings is 1. The zero-order chi connectivity index (χ0) is 12.8. The van der Waals surface area contributed by atoms with Gasteiger partial charge in [0.25, 0.3) is 5.91 Å². The molecule has 0 aliphatic carbocycles. The molecule has 1 aromatic rings. The van der Waals surface area contributed by atoms with E-state index in [1.54, 1.807) is 0 Å². The van der Waals surface area contributed by atoms with Crippen molar-refractivity contribution in [2.75, 3.05) is 6.61 Å². The van der Waals surface area contributed by atoms with Gasteiger partial charge >= 0.3 is 0 Å². The zero-order valence-corrected chi connectivity index (χ0v) is 11.8. The van der Waals surface area contributed by atoms with Crippen molar-refractivity contribution in [3.63, 3.8) is 0 Å². The Morgan fingerprint density at radius 1 is 1.53 bits per heavy atom. The van der Waals surface area contributed by atoms with Crippen LogP contribution in [-0.4, -0.2) is 23.7 Å². The van der Waals surface area contributed by atoms with E-state index in [1.165, 1.54) is 0 Å². The maximum absolute atomic E-state index is 11.9. The number of rotatable bonds is 5. The zero-order valence-electron chi connectivity index (χ0n) is 10.2. The van der Waals surface area contributed by atoms with Crippen LogP contribution in [0.15, 0.2) is 22.7 Å². The van der Waals surface area contributed by atoms with Crippen molar-refractivity contribution < 1.29 is 9.90 Å². The number of aliphatic hydroxyl groups excluding tert-OH is 1. The molecule has 0 saturated carbocycles. The van der Waals surface area contributed by atoms with Gasteiger partial charge < -0.3 is 10.4 Å². The minimum Gasteiger partial charge on any atom is -0.396 e. The van der Waals surface area contributed by atoms with Crippen molar-refractivity contribution >= 4 is 21.8 Å². The molecule has 0 heterocycles. The Labute approximate surface area is 110 Å². The second-order valence-corrected chi connectivity index (χ2v) is 5.08. The summed E-state index contributed by atoms with van der Waals surface area (Å²) in [5.41, 5.74) is 1.76. The molecule has 0 saturated heterocycles. The molecular formula is C13H18BrNO2. The molecule has 0 aliphatic heterocycles. The summed E-state index contributed by atoms with van der Waals surface area (Å²) in [6, 6.07) is 5.72. The van der Waals surface area contributed by atoms with Crippen LogP contribution in [0.5, 0.6) is 0 Å². The van der Waals surface area contributed by atoms with Gasteiger partial charge in [-0.1, -0.05) is 6.07 Å². The van der Waals surface area contributed by atoms with Gasteiger partial charge in [0.1, 0.15) is 0 Å². The van der Waals surface area contributed by atoms with Gasteiger partial charge in [-0.2, -0.15) is 0 Å². The lowest BCUT2D eigenvalue weighted by Crippen LogP contribution is -2.32. The summed E-state index contributed by atoms with van der Waals surface area (Å²) < 4.78 is 0.810. The van der Waals surface area contributed by atoms with Crippen molar-refractivity contribution in [2.45, 2.75) is 32.7 Å². The second kappa shape index (κ2) is 6.77. The molecule has 17 heavy (non-hydrogen) atoms. The highest BCUT2D eigenvalue weighted by atomic mass is 79.9. The molecule has 94 valence electrons. The first-order valence-corrected chi connectivity index (χ1v) is 6.51. The van der Waals surface area contributed by atoms with Crippen molar-refractivity contribution in [3.05, 3.63) is 33.8 Å². The van der Waals surface area contributed by atoms with Crippen LogP contribution in [-0.2, 0) is 0 Å². The predicted molar refractivity (Wildman–Crippen MR) is 72.1 cm³/mol. The van der Waals surface area contributed by atoms with E-state index in [9.17, 15) is 4.79 Å². The molecule has 0 spiro atoms. The SMILES string of the molecule is Cc1ccc(C(=O)NC(C)CCCO)c(Br)c1. The lowest BCUT2D eigenvalue weighted by molar-refractivity contribution is 0.0935. The molecule has 0 bridgehead atoms. The third kappa shape index (κ3) is 4.48. The van der Waals surface area contributed by atoms with E-state index >= 15 is 0 Å². The van der Waals surface area contributed by atoms with Crippen LogP contribution in [0.2, 0.25) is 0 Å². The molecule has 1 rings (SSSR count). The average Bonchev–Trinajstić information content (AvgIpc) is 2.26. The fourth-order valence-corrected chi connectivity index (χ4v) is 2.25. The molecule has 1 unspecified atom stereocenters. The van der Waals surface area contributed by atoms with Gasteiger partial charge in [-0.25, -0.2) is 0 Å². The molecule has 2 N–H and O–H groups in total. The van der Waals surface area contributed by atoms with E-state index < -0.39 is 0 Å². The fourth-order valence-electron chi connectivity index (χ4n) is 1.58. The number of halogens is 1. The largest absolute Gasteiger partial charge is 0.396 e. The minimum absolute atomic E-state index is 0.0721. The second-order valence-electron chi connectivity index (χ2n) is 4.22. The first-order valence-electron chi connectivity index (χ1n) is 5.72. The summed E-state index contributed by atoms with van der Waals surface area (Å²) in [6.45, 7) is 4.08. The Kier molecular flexibility index (Phi) is 5.65. The Balaban J connectivity index is 2.63. The topological polar surface area (TPSA) is 49.3 Å². The lowest BCUT2D eigenvalue weighted by Gasteiger charge is -2.14. The molecule has 0 radical (unpaired) electrons. The van der Waals surface area contributed by atoms with E-state index in [4.69, 9.17) is 5.11 Å². The fraction of sp³-hybridized carbons (Fsp3) is 0.462. The molecule has 1 amide bonds. The monoisotopic (exact) mass is 299 g/mol. The van der Waals surface area contributed by atoms with Gasteiger partial charge in [0.05, 0.1) is 5.56 Å². The number of carbonyl (C=O) groups excluding carboxylic acids is 1. The number of nitrogens with one attached hydrogen (secondary N) is 1. The van der Waals surface area contributed by atoms with Gasteiger partial charge in [0, 0.05) is 17.1 Å². The van der Waals surface area contributed by atoms with Crippen molar-refractivity contribution in [1.29, 1.82) is 0 Å². The lowest BCUT2D eigenvalue weighted by atomic mass is 10.1. The minimum atomic E-state index is -0.0812. The van der Waals surface area contributed by atoms with E-state index in [2.05, 4.69) is 21.2 Å². The maximum Gasteiger partial charge on any atom is 0.252 e. The highest BCUT2D eigenvalue weighted by Crippen LogP contribution is 2.18. The Hall–Kier alpha value is -0.870. The quantitative estimate of drug-likeness (QED) is 0.878. The van der Waals surface area contributed by atoms with Gasteiger partial charge in [-0.3, -0.25) is 4.79 Å². The highest BCUT2D eigenvalue weighted by molar-refractivity contribution is 9.10. The van der Waals surface area contributed by atoms with E-state index in [0.717, 1.165) is 16.5 Å². The summed E-state index contributed by atoms with van der Waals surface area (Å²) in [5, 5.41) is 11.6. The van der Waals surface area contributed by atoms with E-state index in [1.807, 2.05) is 32.0 Å². The smallest absolute Gasteiger partial charge is 0.252 e. The molecule has 3 nitrogen and oxygen atoms in total. The molecule has 1 atom stereocenters. The summed E-state index contributed by atoms with van der Waals surface area (Å²) in [6.07, 6.45) is 1.49. The standard InChI is InChI=1S/C13H18BrNO2/c1-9-5-6-11(12(14)8-9)13(17)15-10(2)4-3-7-16/h5-6,8,10,16H,3-4,7H2,1-2H3,(H,15,17). The van der Waals surface area contributed by atoms with E-state index in [-0.39, 0.29) is 18.6 Å². The third-order valence-electron chi connectivity index (χ3n) is 2.54. The number of carbonyl (C=O) groups is 1. The molecule has 0 aromatic heterocycles. The summed E-state index contributed by atoms with van der Waals surface area (Å²) >= 11 is 3.39. The predicted octanol–water partition coefficient (Wildman–Crippen LogP) is 2.65. The third-order valence-corrected chi connectivity index (χ3v) is 3.20. The van der Waals surface area contributed by atoms with E-state index in [0.29, 0.717) is 12.0 Å². The Bertz CT molecular complexity index is 393. The van der Waals surface area contributed by atoms with Crippen LogP contribution >= 0.6 is 15.9 Å².